The number of rotatable bonds is 5. The molecule has 0 spiro atoms. The maximum atomic E-state index is 10.7. The van der Waals surface area contributed by atoms with Crippen molar-refractivity contribution < 1.29 is 19.7 Å². The van der Waals surface area contributed by atoms with Crippen molar-refractivity contribution in [1.29, 1.82) is 0 Å². The van der Waals surface area contributed by atoms with Gasteiger partial charge in [-0.3, -0.25) is 0 Å². The first-order chi connectivity index (χ1) is 7.45. The van der Waals surface area contributed by atoms with Crippen LogP contribution in [0.15, 0.2) is 24.3 Å². The number of benzene rings is 1. The number of aliphatic carboxylic acids is 1. The molecule has 0 fully saturated rings. The number of carboxylic acid groups (broad SMARTS) is 1. The van der Waals surface area contributed by atoms with E-state index in [0.717, 1.165) is 11.3 Å². The lowest BCUT2D eigenvalue weighted by Crippen LogP contribution is -2.37. The second-order valence-corrected chi connectivity index (χ2v) is 3.83. The van der Waals surface area contributed by atoms with E-state index in [2.05, 4.69) is 0 Å². The third kappa shape index (κ3) is 3.24. The molecule has 0 bridgehead atoms. The highest BCUT2D eigenvalue weighted by Crippen LogP contribution is 2.17. The van der Waals surface area contributed by atoms with E-state index in [-0.39, 0.29) is 6.42 Å². The summed E-state index contributed by atoms with van der Waals surface area (Å²) in [6.45, 7) is 3.76. The Morgan fingerprint density at radius 1 is 1.38 bits per heavy atom. The Hall–Kier alpha value is -1.55. The fourth-order valence-corrected chi connectivity index (χ4v) is 1.34. The van der Waals surface area contributed by atoms with Gasteiger partial charge in [-0.1, -0.05) is 12.1 Å². The topological polar surface area (TPSA) is 66.8 Å². The van der Waals surface area contributed by atoms with Gasteiger partial charge < -0.3 is 14.9 Å². The molecule has 1 rings (SSSR count). The van der Waals surface area contributed by atoms with Crippen molar-refractivity contribution in [1.82, 2.24) is 0 Å². The number of ether oxygens (including phenoxy) is 1. The number of aliphatic hydroxyl groups is 1. The standard InChI is InChI=1S/C12H16O4/c1-3-16-10-6-4-9(5-7-10)8-12(2,15)11(13)14/h4-7,15H,3,8H2,1-2H3,(H,13,14). The normalized spacial score (nSPS) is 14.2. The van der Waals surface area contributed by atoms with E-state index in [1.165, 1.54) is 6.92 Å². The quantitative estimate of drug-likeness (QED) is 0.794. The van der Waals surface area contributed by atoms with Gasteiger partial charge in [0.25, 0.3) is 0 Å². The van der Waals surface area contributed by atoms with Gasteiger partial charge in [-0.05, 0) is 31.5 Å². The lowest BCUT2D eigenvalue weighted by Gasteiger charge is -2.17. The Morgan fingerprint density at radius 2 is 1.94 bits per heavy atom. The van der Waals surface area contributed by atoms with E-state index in [4.69, 9.17) is 9.84 Å². The highest BCUT2D eigenvalue weighted by molar-refractivity contribution is 5.76. The summed E-state index contributed by atoms with van der Waals surface area (Å²) < 4.78 is 5.26. The molecule has 0 aliphatic heterocycles. The van der Waals surface area contributed by atoms with E-state index in [1.807, 2.05) is 6.92 Å². The Balaban J connectivity index is 2.72. The predicted molar refractivity (Wildman–Crippen MR) is 59.6 cm³/mol. The minimum absolute atomic E-state index is 0.0781. The minimum atomic E-state index is -1.73. The Kier molecular flexibility index (Phi) is 3.90. The molecule has 4 nitrogen and oxygen atoms in total. The molecule has 0 amide bonds. The maximum absolute atomic E-state index is 10.7. The Labute approximate surface area is 94.5 Å². The lowest BCUT2D eigenvalue weighted by molar-refractivity contribution is -0.156. The van der Waals surface area contributed by atoms with Gasteiger partial charge in [-0.2, -0.15) is 0 Å². The highest BCUT2D eigenvalue weighted by atomic mass is 16.5. The summed E-state index contributed by atoms with van der Waals surface area (Å²) >= 11 is 0. The molecule has 88 valence electrons. The zero-order valence-electron chi connectivity index (χ0n) is 9.43. The summed E-state index contributed by atoms with van der Waals surface area (Å²) in [5.41, 5.74) is -0.969. The summed E-state index contributed by atoms with van der Waals surface area (Å²) in [6, 6.07) is 7.03. The SMILES string of the molecule is CCOc1ccc(CC(C)(O)C(=O)O)cc1. The molecular formula is C12H16O4. The summed E-state index contributed by atoms with van der Waals surface area (Å²) in [6.07, 6.45) is 0.0781. The van der Waals surface area contributed by atoms with Gasteiger partial charge in [0.2, 0.25) is 0 Å². The number of carbonyl (C=O) groups is 1. The summed E-state index contributed by atoms with van der Waals surface area (Å²) in [5.74, 6) is -0.484. The molecule has 0 aliphatic carbocycles. The molecule has 0 radical (unpaired) electrons. The van der Waals surface area contributed by atoms with Crippen molar-refractivity contribution in [3.8, 4) is 5.75 Å². The van der Waals surface area contributed by atoms with Gasteiger partial charge in [0.05, 0.1) is 6.61 Å². The van der Waals surface area contributed by atoms with E-state index >= 15 is 0 Å². The van der Waals surface area contributed by atoms with Crippen LogP contribution in [0, 0.1) is 0 Å². The van der Waals surface area contributed by atoms with Crippen LogP contribution in [0.3, 0.4) is 0 Å². The zero-order valence-corrected chi connectivity index (χ0v) is 9.43. The molecule has 0 aliphatic rings. The minimum Gasteiger partial charge on any atom is -0.494 e. The Bertz CT molecular complexity index is 354. The van der Waals surface area contributed by atoms with Crippen molar-refractivity contribution in [3.63, 3.8) is 0 Å². The first-order valence-electron chi connectivity index (χ1n) is 5.13. The van der Waals surface area contributed by atoms with Gasteiger partial charge in [-0.15, -0.1) is 0 Å². The number of hydrogen-bond acceptors (Lipinski definition) is 3. The molecule has 0 aromatic heterocycles. The fraction of sp³-hybridized carbons (Fsp3) is 0.417. The molecule has 16 heavy (non-hydrogen) atoms. The van der Waals surface area contributed by atoms with Crippen molar-refractivity contribution >= 4 is 5.97 Å². The van der Waals surface area contributed by atoms with Crippen LogP contribution in [0.2, 0.25) is 0 Å². The zero-order chi connectivity index (χ0) is 12.2. The van der Waals surface area contributed by atoms with Crippen LogP contribution < -0.4 is 4.74 Å². The highest BCUT2D eigenvalue weighted by Gasteiger charge is 2.29. The molecule has 1 unspecified atom stereocenters. The summed E-state index contributed by atoms with van der Waals surface area (Å²) in [5, 5.41) is 18.4. The average molecular weight is 224 g/mol. The average Bonchev–Trinajstić information content (AvgIpc) is 2.21. The van der Waals surface area contributed by atoms with Crippen LogP contribution >= 0.6 is 0 Å². The first kappa shape index (κ1) is 12.5. The van der Waals surface area contributed by atoms with Crippen LogP contribution in [0.1, 0.15) is 19.4 Å². The van der Waals surface area contributed by atoms with Gasteiger partial charge in [0.15, 0.2) is 5.60 Å². The van der Waals surface area contributed by atoms with Gasteiger partial charge >= 0.3 is 5.97 Å². The monoisotopic (exact) mass is 224 g/mol. The van der Waals surface area contributed by atoms with E-state index < -0.39 is 11.6 Å². The van der Waals surface area contributed by atoms with Crippen LogP contribution in [0.4, 0.5) is 0 Å². The first-order valence-corrected chi connectivity index (χ1v) is 5.13. The Morgan fingerprint density at radius 3 is 2.38 bits per heavy atom. The van der Waals surface area contributed by atoms with Crippen LogP contribution in [-0.2, 0) is 11.2 Å². The third-order valence-electron chi connectivity index (χ3n) is 2.24. The van der Waals surface area contributed by atoms with Gasteiger partial charge in [0, 0.05) is 6.42 Å². The summed E-state index contributed by atoms with van der Waals surface area (Å²) in [4.78, 5) is 10.7. The third-order valence-corrected chi connectivity index (χ3v) is 2.24. The molecule has 1 atom stereocenters. The molecular weight excluding hydrogens is 208 g/mol. The second kappa shape index (κ2) is 4.99. The number of hydrogen-bond donors (Lipinski definition) is 2. The maximum Gasteiger partial charge on any atom is 0.335 e. The van der Waals surface area contributed by atoms with Crippen LogP contribution in [-0.4, -0.2) is 28.4 Å². The molecule has 1 aromatic rings. The molecule has 0 saturated carbocycles. The van der Waals surface area contributed by atoms with E-state index in [1.54, 1.807) is 24.3 Å². The van der Waals surface area contributed by atoms with Crippen LogP contribution in [0.25, 0.3) is 0 Å². The van der Waals surface area contributed by atoms with Crippen molar-refractivity contribution in [2.24, 2.45) is 0 Å². The van der Waals surface area contributed by atoms with Crippen molar-refractivity contribution in [3.05, 3.63) is 29.8 Å². The molecule has 2 N–H and O–H groups in total. The molecule has 1 aromatic carbocycles. The fourth-order valence-electron chi connectivity index (χ4n) is 1.34. The van der Waals surface area contributed by atoms with Crippen molar-refractivity contribution in [2.45, 2.75) is 25.9 Å². The van der Waals surface area contributed by atoms with Crippen molar-refractivity contribution in [2.75, 3.05) is 6.61 Å². The van der Waals surface area contributed by atoms with E-state index in [9.17, 15) is 9.90 Å². The molecule has 0 heterocycles. The largest absolute Gasteiger partial charge is 0.494 e. The molecule has 0 saturated heterocycles. The van der Waals surface area contributed by atoms with Gasteiger partial charge in [-0.25, -0.2) is 4.79 Å². The lowest BCUT2D eigenvalue weighted by atomic mass is 9.97. The van der Waals surface area contributed by atoms with Gasteiger partial charge in [0.1, 0.15) is 5.75 Å². The van der Waals surface area contributed by atoms with Crippen LogP contribution in [0.5, 0.6) is 5.75 Å². The molecule has 4 heteroatoms. The number of carboxylic acids is 1. The van der Waals surface area contributed by atoms with E-state index in [0.29, 0.717) is 6.61 Å². The summed E-state index contributed by atoms with van der Waals surface area (Å²) in [7, 11) is 0. The smallest absolute Gasteiger partial charge is 0.335 e. The predicted octanol–water partition coefficient (Wildman–Crippen LogP) is 1.46. The second-order valence-electron chi connectivity index (χ2n) is 3.83.